The van der Waals surface area contributed by atoms with Crippen LogP contribution in [0.5, 0.6) is 0 Å². The average molecular weight is 421 g/mol. The Hall–Kier alpha value is -2.21. The molecule has 6 heteroatoms. The lowest BCUT2D eigenvalue weighted by Crippen LogP contribution is -2.26. The summed E-state index contributed by atoms with van der Waals surface area (Å²) in [5.41, 5.74) is 4.98. The third kappa shape index (κ3) is 8.77. The number of hydrogen-bond donors (Lipinski definition) is 1. The predicted molar refractivity (Wildman–Crippen MR) is 122 cm³/mol. The fourth-order valence-corrected chi connectivity index (χ4v) is 3.33. The van der Waals surface area contributed by atoms with Crippen LogP contribution in [0.25, 0.3) is 0 Å². The van der Waals surface area contributed by atoms with Gasteiger partial charge in [0.1, 0.15) is 13.6 Å². The van der Waals surface area contributed by atoms with E-state index in [0.717, 1.165) is 31.0 Å². The number of nitrogens with one attached hydrogen (secondary N) is 1. The van der Waals surface area contributed by atoms with Gasteiger partial charge in [-0.1, -0.05) is 35.9 Å². The molecule has 5 nitrogen and oxygen atoms in total. The fraction of sp³-hybridized carbons (Fsp3) is 0.391. The molecule has 0 bridgehead atoms. The van der Waals surface area contributed by atoms with Crippen molar-refractivity contribution in [3.63, 3.8) is 0 Å². The summed E-state index contributed by atoms with van der Waals surface area (Å²) in [5.74, 6) is 0. The number of unbranched alkanes of at least 4 members (excludes halogenated alkanes) is 1. The molecule has 0 heterocycles. The Balaban J connectivity index is 0.00000184. The van der Waals surface area contributed by atoms with Gasteiger partial charge in [-0.05, 0) is 61.2 Å². The normalized spacial score (nSPS) is 10.8. The summed E-state index contributed by atoms with van der Waals surface area (Å²) in [7, 11) is 5.92. The molecular formula is C23H33ClN2O3. The molecule has 1 unspecified atom stereocenters. The van der Waals surface area contributed by atoms with Crippen LogP contribution < -0.4 is 10.2 Å². The molecule has 2 aromatic rings. The van der Waals surface area contributed by atoms with E-state index in [1.807, 2.05) is 25.7 Å². The molecule has 2 aromatic carbocycles. The van der Waals surface area contributed by atoms with E-state index in [0.29, 0.717) is 0 Å². The number of hydrogen-bond acceptors (Lipinski definition) is 5. The Kier molecular flexibility index (Phi) is 14.5. The molecule has 0 aliphatic carbocycles. The zero-order chi connectivity index (χ0) is 22.2. The number of anilines is 1. The van der Waals surface area contributed by atoms with Crippen molar-refractivity contribution in [1.82, 2.24) is 5.32 Å². The number of rotatable bonds is 9. The van der Waals surface area contributed by atoms with Gasteiger partial charge in [0.25, 0.3) is 0 Å². The maximum absolute atomic E-state index is 8.00. The van der Waals surface area contributed by atoms with E-state index in [1.54, 1.807) is 7.11 Å². The van der Waals surface area contributed by atoms with E-state index in [1.165, 1.54) is 22.4 Å². The van der Waals surface area contributed by atoms with Crippen LogP contribution in [-0.2, 0) is 14.3 Å². The molecular weight excluding hydrogens is 388 g/mol. The number of methoxy groups -OCH3 is 1. The summed E-state index contributed by atoms with van der Waals surface area (Å²) in [6.07, 6.45) is 2.15. The predicted octanol–water partition coefficient (Wildman–Crippen LogP) is 4.45. The molecule has 0 aliphatic heterocycles. The first-order valence-electron chi connectivity index (χ1n) is 9.37. The van der Waals surface area contributed by atoms with Crippen LogP contribution in [0.4, 0.5) is 5.69 Å². The summed E-state index contributed by atoms with van der Waals surface area (Å²) in [4.78, 5) is 18.2. The molecule has 0 amide bonds. The summed E-state index contributed by atoms with van der Waals surface area (Å²) in [6.45, 7) is 7.87. The van der Waals surface area contributed by atoms with Crippen LogP contribution in [-0.4, -0.2) is 47.9 Å². The van der Waals surface area contributed by atoms with Gasteiger partial charge >= 0.3 is 0 Å². The first-order valence-corrected chi connectivity index (χ1v) is 9.74. The lowest BCUT2D eigenvalue weighted by Gasteiger charge is -2.27. The quantitative estimate of drug-likeness (QED) is 0.607. The highest BCUT2D eigenvalue weighted by Gasteiger charge is 2.19. The third-order valence-corrected chi connectivity index (χ3v) is 4.63. The number of aryl methyl sites for hydroxylation is 1. The minimum atomic E-state index is 0.137. The number of halogens is 1. The number of ether oxygens (including phenoxy) is 1. The zero-order valence-corrected chi connectivity index (χ0v) is 18.7. The Morgan fingerprint density at radius 2 is 1.69 bits per heavy atom. The number of carbonyl (C=O) groups excluding carboxylic acids is 2. The number of para-hydroxylation sites is 1. The smallest absolute Gasteiger partial charge is 0.106 e. The molecule has 1 atom stereocenters. The van der Waals surface area contributed by atoms with Crippen LogP contribution in [0.15, 0.2) is 42.5 Å². The fourth-order valence-electron chi connectivity index (χ4n) is 3.11. The zero-order valence-electron chi connectivity index (χ0n) is 17.9. The monoisotopic (exact) mass is 420 g/mol. The minimum Gasteiger partial charge on any atom is -0.385 e. The Labute approximate surface area is 180 Å². The van der Waals surface area contributed by atoms with Crippen LogP contribution in [0.3, 0.4) is 0 Å². The molecule has 1 N–H and O–H groups in total. The molecule has 2 rings (SSSR count). The van der Waals surface area contributed by atoms with E-state index < -0.39 is 0 Å². The van der Waals surface area contributed by atoms with Crippen molar-refractivity contribution in [1.29, 1.82) is 0 Å². The van der Waals surface area contributed by atoms with Crippen molar-refractivity contribution in [2.75, 3.05) is 39.3 Å². The van der Waals surface area contributed by atoms with E-state index in [2.05, 4.69) is 61.6 Å². The number of benzene rings is 2. The molecule has 0 radical (unpaired) electrons. The van der Waals surface area contributed by atoms with Gasteiger partial charge in [-0.25, -0.2) is 0 Å². The van der Waals surface area contributed by atoms with Gasteiger partial charge in [-0.3, -0.25) is 0 Å². The number of carbonyl (C=O) groups is 2. The Morgan fingerprint density at radius 1 is 1.03 bits per heavy atom. The maximum atomic E-state index is 8.00. The Morgan fingerprint density at radius 3 is 2.28 bits per heavy atom. The van der Waals surface area contributed by atoms with Crippen LogP contribution >= 0.6 is 11.6 Å². The van der Waals surface area contributed by atoms with Crippen molar-refractivity contribution in [3.05, 3.63) is 64.2 Å². The summed E-state index contributed by atoms with van der Waals surface area (Å²) >= 11 is 6.17. The second-order valence-corrected chi connectivity index (χ2v) is 6.98. The van der Waals surface area contributed by atoms with Gasteiger partial charge < -0.3 is 24.5 Å². The van der Waals surface area contributed by atoms with E-state index in [9.17, 15) is 0 Å². The largest absolute Gasteiger partial charge is 0.385 e. The standard InChI is InChI=1S/C21H29ClN2O.2CH2O/c1-16-15-17(22)11-12-18(16)21(23-13-7-8-14-25-4)19-9-5-6-10-20(19)24(2)3;2*1-2/h5-6,9-12,15,21,23H,7-8,13-14H2,1-4H3;2*1H2. The maximum Gasteiger partial charge on any atom is 0.106 e. The second-order valence-electron chi connectivity index (χ2n) is 6.54. The van der Waals surface area contributed by atoms with E-state index in [4.69, 9.17) is 25.9 Å². The summed E-state index contributed by atoms with van der Waals surface area (Å²) < 4.78 is 5.15. The summed E-state index contributed by atoms with van der Waals surface area (Å²) in [5, 5.41) is 4.52. The molecule has 29 heavy (non-hydrogen) atoms. The lowest BCUT2D eigenvalue weighted by molar-refractivity contribution is -0.0987. The van der Waals surface area contributed by atoms with Crippen molar-refractivity contribution in [3.8, 4) is 0 Å². The van der Waals surface area contributed by atoms with E-state index >= 15 is 0 Å². The van der Waals surface area contributed by atoms with Gasteiger partial charge in [-0.2, -0.15) is 0 Å². The molecule has 0 fully saturated rings. The van der Waals surface area contributed by atoms with Crippen molar-refractivity contribution in [2.24, 2.45) is 0 Å². The topological polar surface area (TPSA) is 58.6 Å². The highest BCUT2D eigenvalue weighted by molar-refractivity contribution is 6.30. The van der Waals surface area contributed by atoms with Crippen LogP contribution in [0.2, 0.25) is 5.02 Å². The first kappa shape index (κ1) is 26.8. The van der Waals surface area contributed by atoms with Crippen molar-refractivity contribution in [2.45, 2.75) is 25.8 Å². The highest BCUT2D eigenvalue weighted by Crippen LogP contribution is 2.32. The molecule has 0 aromatic heterocycles. The highest BCUT2D eigenvalue weighted by atomic mass is 35.5. The van der Waals surface area contributed by atoms with Gasteiger partial charge in [0.2, 0.25) is 0 Å². The summed E-state index contributed by atoms with van der Waals surface area (Å²) in [6, 6.07) is 14.8. The van der Waals surface area contributed by atoms with Crippen molar-refractivity contribution >= 4 is 30.9 Å². The van der Waals surface area contributed by atoms with Crippen LogP contribution in [0, 0.1) is 6.92 Å². The third-order valence-electron chi connectivity index (χ3n) is 4.40. The van der Waals surface area contributed by atoms with E-state index in [-0.39, 0.29) is 6.04 Å². The molecule has 0 spiro atoms. The molecule has 160 valence electrons. The minimum absolute atomic E-state index is 0.137. The SMILES string of the molecule is C=O.C=O.COCCCCNC(c1ccc(Cl)cc1C)c1ccccc1N(C)C. The Bertz CT molecular complexity index is 708. The average Bonchev–Trinajstić information content (AvgIpc) is 2.74. The lowest BCUT2D eigenvalue weighted by atomic mass is 9.93. The molecule has 0 saturated carbocycles. The first-order chi connectivity index (χ1) is 14.0. The molecule has 0 aliphatic rings. The van der Waals surface area contributed by atoms with Gasteiger partial charge in [0.05, 0.1) is 6.04 Å². The molecule has 0 saturated heterocycles. The number of nitrogens with zero attached hydrogens (tertiary/aromatic N) is 1. The van der Waals surface area contributed by atoms with Gasteiger partial charge in [-0.15, -0.1) is 0 Å². The van der Waals surface area contributed by atoms with Crippen LogP contribution in [0.1, 0.15) is 35.6 Å². The van der Waals surface area contributed by atoms with Crippen molar-refractivity contribution < 1.29 is 14.3 Å². The van der Waals surface area contributed by atoms with Gasteiger partial charge in [0.15, 0.2) is 0 Å². The van der Waals surface area contributed by atoms with Gasteiger partial charge in [0, 0.05) is 38.5 Å². The second kappa shape index (κ2) is 15.7.